The lowest BCUT2D eigenvalue weighted by molar-refractivity contribution is 0.0725. The van der Waals surface area contributed by atoms with Gasteiger partial charge in [0.05, 0.1) is 18.8 Å². The number of esters is 1. The number of carbonyl (C=O) groups is 1. The predicted octanol–water partition coefficient (Wildman–Crippen LogP) is 6.82. The molecule has 0 amide bonds. The van der Waals surface area contributed by atoms with Crippen molar-refractivity contribution in [3.63, 3.8) is 0 Å². The summed E-state index contributed by atoms with van der Waals surface area (Å²) in [7, 11) is 0. The minimum Gasteiger partial charge on any atom is -0.491 e. The van der Waals surface area contributed by atoms with Gasteiger partial charge < -0.3 is 14.2 Å². The molecule has 2 atom stereocenters. The zero-order valence-corrected chi connectivity index (χ0v) is 18.1. The van der Waals surface area contributed by atoms with Crippen molar-refractivity contribution in [2.45, 2.75) is 26.2 Å². The van der Waals surface area contributed by atoms with E-state index in [1.54, 1.807) is 13.8 Å². The third-order valence-corrected chi connectivity index (χ3v) is 5.36. The van der Waals surface area contributed by atoms with Crippen LogP contribution in [0.5, 0.6) is 17.2 Å². The van der Waals surface area contributed by atoms with Crippen molar-refractivity contribution in [1.29, 1.82) is 0 Å². The molecule has 0 spiro atoms. The predicted molar refractivity (Wildman–Crippen MR) is 113 cm³/mol. The summed E-state index contributed by atoms with van der Waals surface area (Å²) in [6, 6.07) is 8.10. The van der Waals surface area contributed by atoms with Crippen molar-refractivity contribution in [2.75, 3.05) is 13.2 Å². The molecule has 0 aliphatic heterocycles. The average molecular weight is 478 g/mol. The van der Waals surface area contributed by atoms with Crippen LogP contribution in [0.25, 0.3) is 11.1 Å². The molecule has 2 unspecified atom stereocenters. The monoisotopic (exact) mass is 478 g/mol. The Labute approximate surface area is 191 Å². The minimum atomic E-state index is -2.56. The maximum atomic E-state index is 15.2. The van der Waals surface area contributed by atoms with Crippen molar-refractivity contribution >= 4 is 5.97 Å². The lowest BCUT2D eigenvalue weighted by atomic mass is 9.82. The van der Waals surface area contributed by atoms with Crippen LogP contribution in [0.4, 0.5) is 22.0 Å². The highest BCUT2D eigenvalue weighted by molar-refractivity contribution is 5.91. The Morgan fingerprint density at radius 2 is 1.26 bits per heavy atom. The molecule has 0 heterocycles. The van der Waals surface area contributed by atoms with E-state index < -0.39 is 52.6 Å². The van der Waals surface area contributed by atoms with Gasteiger partial charge >= 0.3 is 5.97 Å². The van der Waals surface area contributed by atoms with E-state index in [1.165, 1.54) is 30.3 Å². The van der Waals surface area contributed by atoms with Crippen LogP contribution >= 0.6 is 0 Å². The minimum absolute atomic E-state index is 0.0392. The van der Waals surface area contributed by atoms with Gasteiger partial charge in [-0.1, -0.05) is 12.1 Å². The molecule has 1 aliphatic rings. The van der Waals surface area contributed by atoms with Crippen molar-refractivity contribution < 1.29 is 41.0 Å². The average Bonchev–Trinajstić information content (AvgIpc) is 2.81. The Hall–Kier alpha value is -3.62. The molecule has 3 aromatic carbocycles. The second-order valence-corrected chi connectivity index (χ2v) is 7.38. The van der Waals surface area contributed by atoms with Gasteiger partial charge in [0.15, 0.2) is 47.0 Å². The zero-order valence-electron chi connectivity index (χ0n) is 18.1. The Balaban J connectivity index is 1.70. The Bertz CT molecular complexity index is 1260. The number of ether oxygens (including phenoxy) is 3. The highest BCUT2D eigenvalue weighted by Crippen LogP contribution is 2.52. The van der Waals surface area contributed by atoms with Crippen LogP contribution in [-0.4, -0.2) is 19.2 Å². The number of fused-ring (bicyclic) bond motifs is 3. The Morgan fingerprint density at radius 3 is 1.82 bits per heavy atom. The quantitative estimate of drug-likeness (QED) is 0.222. The molecule has 0 radical (unpaired) electrons. The van der Waals surface area contributed by atoms with Gasteiger partial charge in [0.2, 0.25) is 0 Å². The smallest absolute Gasteiger partial charge is 0.343 e. The lowest BCUT2D eigenvalue weighted by Crippen LogP contribution is -2.17. The van der Waals surface area contributed by atoms with E-state index in [1.807, 2.05) is 0 Å². The van der Waals surface area contributed by atoms with Crippen LogP contribution in [-0.2, 0) is 0 Å². The molecule has 0 fully saturated rings. The summed E-state index contributed by atoms with van der Waals surface area (Å²) in [6.45, 7) is 3.59. The number of alkyl halides is 2. The second kappa shape index (κ2) is 9.32. The maximum absolute atomic E-state index is 15.2. The summed E-state index contributed by atoms with van der Waals surface area (Å²) in [6.07, 6.45) is -5.07. The molecule has 0 N–H and O–H groups in total. The summed E-state index contributed by atoms with van der Waals surface area (Å²) in [5, 5.41) is 0. The molecule has 9 heteroatoms. The molecule has 4 nitrogen and oxygen atoms in total. The molecule has 4 rings (SSSR count). The van der Waals surface area contributed by atoms with E-state index in [0.29, 0.717) is 0 Å². The molecule has 178 valence electrons. The van der Waals surface area contributed by atoms with Crippen LogP contribution in [0.3, 0.4) is 0 Å². The van der Waals surface area contributed by atoms with E-state index in [9.17, 15) is 22.4 Å². The normalized spacial score (nSPS) is 16.4. The Kier molecular flexibility index (Phi) is 6.45. The topological polar surface area (TPSA) is 44.8 Å². The van der Waals surface area contributed by atoms with Crippen LogP contribution in [0.1, 0.15) is 47.7 Å². The van der Waals surface area contributed by atoms with Crippen molar-refractivity contribution in [2.24, 2.45) is 0 Å². The van der Waals surface area contributed by atoms with Crippen molar-refractivity contribution in [1.82, 2.24) is 0 Å². The highest BCUT2D eigenvalue weighted by Gasteiger charge is 2.40. The van der Waals surface area contributed by atoms with E-state index in [4.69, 9.17) is 14.2 Å². The number of benzene rings is 3. The zero-order chi connectivity index (χ0) is 24.6. The van der Waals surface area contributed by atoms with Crippen molar-refractivity contribution in [3.8, 4) is 28.4 Å². The molecule has 0 aromatic heterocycles. The van der Waals surface area contributed by atoms with Crippen LogP contribution in [0.15, 0.2) is 42.5 Å². The molecule has 0 saturated heterocycles. The van der Waals surface area contributed by atoms with Gasteiger partial charge in [0.1, 0.15) is 0 Å². The summed E-state index contributed by atoms with van der Waals surface area (Å²) in [4.78, 5) is 12.4. The first-order valence-corrected chi connectivity index (χ1v) is 10.5. The van der Waals surface area contributed by atoms with Crippen molar-refractivity contribution in [3.05, 3.63) is 76.6 Å². The fraction of sp³-hybridized carbons (Fsp3) is 0.240. The van der Waals surface area contributed by atoms with Gasteiger partial charge in [-0.2, -0.15) is 0 Å². The first-order valence-electron chi connectivity index (χ1n) is 10.5. The van der Waals surface area contributed by atoms with Gasteiger partial charge in [-0.05, 0) is 55.3 Å². The molecule has 3 aromatic rings. The molecular formula is C25H19F5O4. The molecule has 0 bridgehead atoms. The number of halogens is 5. The fourth-order valence-electron chi connectivity index (χ4n) is 3.85. The summed E-state index contributed by atoms with van der Waals surface area (Å²) >= 11 is 0. The van der Waals surface area contributed by atoms with E-state index >= 15 is 4.39 Å². The van der Waals surface area contributed by atoms with E-state index in [0.717, 1.165) is 12.1 Å². The highest BCUT2D eigenvalue weighted by atomic mass is 19.2. The van der Waals surface area contributed by atoms with Gasteiger partial charge in [-0.25, -0.2) is 26.7 Å². The van der Waals surface area contributed by atoms with Crippen LogP contribution < -0.4 is 14.2 Å². The third kappa shape index (κ3) is 3.95. The van der Waals surface area contributed by atoms with E-state index in [2.05, 4.69) is 0 Å². The lowest BCUT2D eigenvalue weighted by Gasteiger charge is -2.28. The molecular weight excluding hydrogens is 459 g/mol. The SMILES string of the molecule is CCOc1ccc(C(=O)Oc2ccc3c(c2F)C(F)C(F)c2c-3ccc(OCC)c2F)cc1F. The summed E-state index contributed by atoms with van der Waals surface area (Å²) in [5.41, 5.74) is -1.63. The number of carbonyl (C=O) groups excluding carboxylic acids is 1. The number of hydrogen-bond donors (Lipinski definition) is 0. The summed E-state index contributed by atoms with van der Waals surface area (Å²) in [5.74, 6) is -5.31. The van der Waals surface area contributed by atoms with Crippen LogP contribution in [0, 0.1) is 17.5 Å². The largest absolute Gasteiger partial charge is 0.491 e. The third-order valence-electron chi connectivity index (χ3n) is 5.36. The standard InChI is InChI=1S/C25H19F5O4/c1-3-32-16-8-5-12(11-15(16)26)25(31)34-18-10-7-14-13-6-9-17(33-4-2)21(27)19(13)23(29)24(30)20(14)22(18)28/h5-11,23-24H,3-4H2,1-2H3. The maximum Gasteiger partial charge on any atom is 0.343 e. The summed E-state index contributed by atoms with van der Waals surface area (Å²) < 4.78 is 89.1. The molecule has 1 aliphatic carbocycles. The van der Waals surface area contributed by atoms with Gasteiger partial charge in [-0.3, -0.25) is 0 Å². The fourth-order valence-corrected chi connectivity index (χ4v) is 3.85. The van der Waals surface area contributed by atoms with Gasteiger partial charge in [-0.15, -0.1) is 0 Å². The van der Waals surface area contributed by atoms with Crippen LogP contribution in [0.2, 0.25) is 0 Å². The van der Waals surface area contributed by atoms with E-state index in [-0.39, 0.29) is 41.4 Å². The number of rotatable bonds is 6. The Morgan fingerprint density at radius 1 is 0.765 bits per heavy atom. The number of hydrogen-bond acceptors (Lipinski definition) is 4. The first-order chi connectivity index (χ1) is 16.3. The second-order valence-electron chi connectivity index (χ2n) is 7.38. The first kappa shape index (κ1) is 23.5. The van der Waals surface area contributed by atoms with Gasteiger partial charge in [0, 0.05) is 11.1 Å². The van der Waals surface area contributed by atoms with Gasteiger partial charge in [0.25, 0.3) is 0 Å². The molecule has 34 heavy (non-hydrogen) atoms. The molecule has 0 saturated carbocycles.